The van der Waals surface area contributed by atoms with E-state index in [2.05, 4.69) is 20.3 Å². The molecule has 1 aliphatic rings. The quantitative estimate of drug-likeness (QED) is 0.535. The molecule has 3 heterocycles. The zero-order valence-electron chi connectivity index (χ0n) is 16.2. The second-order valence-corrected chi connectivity index (χ2v) is 7.36. The Morgan fingerprint density at radius 1 is 1.10 bits per heavy atom. The van der Waals surface area contributed by atoms with Crippen molar-refractivity contribution in [1.29, 1.82) is 0 Å². The summed E-state index contributed by atoms with van der Waals surface area (Å²) in [6, 6.07) is 12.0. The van der Waals surface area contributed by atoms with Gasteiger partial charge in [0.05, 0.1) is 23.0 Å². The standard InChI is InChI=1S/C23H18FN5O/c1-12-21-20(29-23(25)27-12)9-19(28-22(21)30)16-7-6-14(24)8-17(16)18-11-26-10-13-4-2-3-5-15(13)18/h2-8,10-11,19H,9H2,1H3,(H,28,30)(H2,25,27,29). The van der Waals surface area contributed by atoms with Crippen LogP contribution < -0.4 is 11.1 Å². The molecule has 4 aromatic rings. The summed E-state index contributed by atoms with van der Waals surface area (Å²) in [6.07, 6.45) is 3.94. The van der Waals surface area contributed by atoms with Gasteiger partial charge in [-0.1, -0.05) is 30.3 Å². The lowest BCUT2D eigenvalue weighted by atomic mass is 9.88. The number of amides is 1. The van der Waals surface area contributed by atoms with Crippen molar-refractivity contribution < 1.29 is 9.18 Å². The van der Waals surface area contributed by atoms with E-state index in [0.717, 1.165) is 21.9 Å². The number of halogens is 1. The predicted octanol–water partition coefficient (Wildman–Crippen LogP) is 3.75. The lowest BCUT2D eigenvalue weighted by Gasteiger charge is -2.28. The Hall–Kier alpha value is -3.87. The molecule has 2 aromatic carbocycles. The SMILES string of the molecule is Cc1nc(N)nc2c1C(=O)NC(c1ccc(F)cc1-c1cncc3ccccc13)C2. The maximum atomic E-state index is 14.3. The summed E-state index contributed by atoms with van der Waals surface area (Å²) in [6.45, 7) is 1.74. The topological polar surface area (TPSA) is 93.8 Å². The number of hydrogen-bond donors (Lipinski definition) is 2. The largest absolute Gasteiger partial charge is 0.368 e. The summed E-state index contributed by atoms with van der Waals surface area (Å²) in [7, 11) is 0. The van der Waals surface area contributed by atoms with Crippen molar-refractivity contribution >= 4 is 22.6 Å². The number of benzene rings is 2. The number of aryl methyl sites for hydroxylation is 1. The van der Waals surface area contributed by atoms with Crippen LogP contribution in [0.15, 0.2) is 54.9 Å². The maximum absolute atomic E-state index is 14.3. The van der Waals surface area contributed by atoms with Crippen molar-refractivity contribution in [2.24, 2.45) is 0 Å². The Morgan fingerprint density at radius 3 is 2.80 bits per heavy atom. The molecular formula is C23H18FN5O. The van der Waals surface area contributed by atoms with Crippen LogP contribution in [0.5, 0.6) is 0 Å². The lowest BCUT2D eigenvalue weighted by Crippen LogP contribution is -2.37. The highest BCUT2D eigenvalue weighted by Crippen LogP contribution is 2.36. The number of nitrogens with zero attached hydrogens (tertiary/aromatic N) is 3. The van der Waals surface area contributed by atoms with Crippen LogP contribution in [-0.2, 0) is 6.42 Å². The molecule has 0 saturated heterocycles. The van der Waals surface area contributed by atoms with E-state index in [0.29, 0.717) is 28.9 Å². The minimum Gasteiger partial charge on any atom is -0.368 e. The minimum absolute atomic E-state index is 0.136. The molecule has 148 valence electrons. The van der Waals surface area contributed by atoms with Gasteiger partial charge in [-0.2, -0.15) is 0 Å². The summed E-state index contributed by atoms with van der Waals surface area (Å²) in [5.74, 6) is -0.478. The van der Waals surface area contributed by atoms with Crippen molar-refractivity contribution in [3.05, 3.63) is 83.2 Å². The molecule has 0 saturated carbocycles. The van der Waals surface area contributed by atoms with E-state index < -0.39 is 0 Å². The maximum Gasteiger partial charge on any atom is 0.255 e. The van der Waals surface area contributed by atoms with Crippen LogP contribution in [0.2, 0.25) is 0 Å². The number of hydrogen-bond acceptors (Lipinski definition) is 5. The summed E-state index contributed by atoms with van der Waals surface area (Å²) >= 11 is 0. The van der Waals surface area contributed by atoms with Crippen LogP contribution in [0.3, 0.4) is 0 Å². The van der Waals surface area contributed by atoms with Gasteiger partial charge in [0.25, 0.3) is 5.91 Å². The fourth-order valence-electron chi connectivity index (χ4n) is 4.16. The summed E-state index contributed by atoms with van der Waals surface area (Å²) in [4.78, 5) is 25.5. The van der Waals surface area contributed by atoms with Gasteiger partial charge in [-0.25, -0.2) is 14.4 Å². The molecule has 1 atom stereocenters. The third-order valence-corrected chi connectivity index (χ3v) is 5.46. The Morgan fingerprint density at radius 2 is 1.93 bits per heavy atom. The molecule has 3 N–H and O–H groups in total. The van der Waals surface area contributed by atoms with E-state index in [1.54, 1.807) is 25.4 Å². The lowest BCUT2D eigenvalue weighted by molar-refractivity contribution is 0.0922. The van der Waals surface area contributed by atoms with E-state index in [4.69, 9.17) is 5.73 Å². The minimum atomic E-state index is -0.381. The number of pyridine rings is 1. The third-order valence-electron chi connectivity index (χ3n) is 5.46. The number of carbonyl (C=O) groups excluding carboxylic acids is 1. The number of nitrogens with one attached hydrogen (secondary N) is 1. The second-order valence-electron chi connectivity index (χ2n) is 7.36. The molecule has 1 amide bonds. The van der Waals surface area contributed by atoms with Crippen molar-refractivity contribution in [3.8, 4) is 11.1 Å². The summed E-state index contributed by atoms with van der Waals surface area (Å²) in [5, 5.41) is 4.94. The number of fused-ring (bicyclic) bond motifs is 2. The van der Waals surface area contributed by atoms with E-state index in [1.165, 1.54) is 12.1 Å². The van der Waals surface area contributed by atoms with E-state index >= 15 is 0 Å². The zero-order valence-corrected chi connectivity index (χ0v) is 16.2. The number of nitrogens with two attached hydrogens (primary N) is 1. The van der Waals surface area contributed by atoms with Crippen LogP contribution in [0.1, 0.15) is 33.4 Å². The highest BCUT2D eigenvalue weighted by atomic mass is 19.1. The number of aromatic nitrogens is 3. The average molecular weight is 399 g/mol. The van der Waals surface area contributed by atoms with Crippen LogP contribution in [0.25, 0.3) is 21.9 Å². The van der Waals surface area contributed by atoms with E-state index in [-0.39, 0.29) is 23.7 Å². The highest BCUT2D eigenvalue weighted by molar-refractivity contribution is 5.99. The summed E-state index contributed by atoms with van der Waals surface area (Å²) in [5.41, 5.74) is 9.69. The van der Waals surface area contributed by atoms with Crippen LogP contribution >= 0.6 is 0 Å². The first kappa shape index (κ1) is 18.2. The van der Waals surface area contributed by atoms with Crippen LogP contribution in [-0.4, -0.2) is 20.9 Å². The van der Waals surface area contributed by atoms with Crippen LogP contribution in [0, 0.1) is 12.7 Å². The van der Waals surface area contributed by atoms with Gasteiger partial charge in [-0.05, 0) is 35.6 Å². The number of rotatable bonds is 2. The highest BCUT2D eigenvalue weighted by Gasteiger charge is 2.30. The Labute approximate surface area is 172 Å². The molecule has 6 nitrogen and oxygen atoms in total. The molecule has 2 aromatic heterocycles. The van der Waals surface area contributed by atoms with Gasteiger partial charge >= 0.3 is 0 Å². The number of anilines is 1. The third kappa shape index (κ3) is 2.95. The molecule has 0 radical (unpaired) electrons. The molecule has 0 spiro atoms. The number of carbonyl (C=O) groups is 1. The average Bonchev–Trinajstić information content (AvgIpc) is 2.72. The molecule has 1 unspecified atom stereocenters. The zero-order chi connectivity index (χ0) is 20.8. The molecule has 0 bridgehead atoms. The monoisotopic (exact) mass is 399 g/mol. The molecule has 0 fully saturated rings. The normalized spacial score (nSPS) is 15.7. The Bertz CT molecular complexity index is 1320. The Balaban J connectivity index is 1.67. The number of nitrogen functional groups attached to an aromatic ring is 1. The van der Waals surface area contributed by atoms with Gasteiger partial charge in [0.15, 0.2) is 0 Å². The van der Waals surface area contributed by atoms with Crippen molar-refractivity contribution in [1.82, 2.24) is 20.3 Å². The van der Waals surface area contributed by atoms with Gasteiger partial charge in [-0.3, -0.25) is 9.78 Å². The van der Waals surface area contributed by atoms with E-state index in [9.17, 15) is 9.18 Å². The van der Waals surface area contributed by atoms with Crippen molar-refractivity contribution in [2.75, 3.05) is 5.73 Å². The molecule has 5 rings (SSSR count). The fraction of sp³-hybridized carbons (Fsp3) is 0.130. The predicted molar refractivity (Wildman–Crippen MR) is 112 cm³/mol. The molecule has 30 heavy (non-hydrogen) atoms. The first-order valence-corrected chi connectivity index (χ1v) is 9.57. The fourth-order valence-corrected chi connectivity index (χ4v) is 4.16. The molecule has 0 aliphatic carbocycles. The second kappa shape index (κ2) is 6.88. The first-order valence-electron chi connectivity index (χ1n) is 9.57. The first-order chi connectivity index (χ1) is 14.5. The van der Waals surface area contributed by atoms with Crippen molar-refractivity contribution in [3.63, 3.8) is 0 Å². The Kier molecular flexibility index (Phi) is 4.17. The smallest absolute Gasteiger partial charge is 0.255 e. The molecular weight excluding hydrogens is 381 g/mol. The van der Waals surface area contributed by atoms with Gasteiger partial charge in [-0.15, -0.1) is 0 Å². The van der Waals surface area contributed by atoms with E-state index in [1.807, 2.05) is 24.3 Å². The van der Waals surface area contributed by atoms with Gasteiger partial charge < -0.3 is 11.1 Å². The van der Waals surface area contributed by atoms with Crippen molar-refractivity contribution in [2.45, 2.75) is 19.4 Å². The molecule has 1 aliphatic heterocycles. The van der Waals surface area contributed by atoms with Crippen LogP contribution in [0.4, 0.5) is 10.3 Å². The summed E-state index contributed by atoms with van der Waals surface area (Å²) < 4.78 is 14.3. The molecule has 7 heteroatoms. The van der Waals surface area contributed by atoms with Gasteiger partial charge in [0.2, 0.25) is 5.95 Å². The van der Waals surface area contributed by atoms with Gasteiger partial charge in [0.1, 0.15) is 5.82 Å². The van der Waals surface area contributed by atoms with Gasteiger partial charge in [0, 0.05) is 29.8 Å².